The second-order valence-corrected chi connectivity index (χ2v) is 3.96. The fraction of sp³-hybridized carbons (Fsp3) is 0.143. The van der Waals surface area contributed by atoms with Gasteiger partial charge in [0.1, 0.15) is 11.6 Å². The van der Waals surface area contributed by atoms with Crippen molar-refractivity contribution in [3.8, 4) is 0 Å². The predicted molar refractivity (Wildman–Crippen MR) is 50.9 cm³/mol. The van der Waals surface area contributed by atoms with Crippen LogP contribution in [0.15, 0.2) is 17.0 Å². The van der Waals surface area contributed by atoms with Gasteiger partial charge in [0.2, 0.25) is 0 Å². The Balaban J connectivity index is 3.25. The van der Waals surface area contributed by atoms with Gasteiger partial charge in [-0.25, -0.2) is 8.78 Å². The zero-order valence-corrected chi connectivity index (χ0v) is 8.67. The molecule has 0 aliphatic heterocycles. The Kier molecular flexibility index (Phi) is 3.12. The molecule has 0 aromatic heterocycles. The Hall–Kier alpha value is 0.160. The quantitative estimate of drug-likeness (QED) is 0.564. The Morgan fingerprint density at radius 1 is 1.27 bits per heavy atom. The van der Waals surface area contributed by atoms with Gasteiger partial charge >= 0.3 is 0 Å². The molecule has 0 nitrogen and oxygen atoms in total. The van der Waals surface area contributed by atoms with E-state index in [9.17, 15) is 8.78 Å². The molecule has 1 aromatic rings. The smallest absolute Gasteiger partial charge is 0.140 e. The number of benzene rings is 1. The molecule has 0 aliphatic rings. The van der Waals surface area contributed by atoms with E-state index in [-0.39, 0.29) is 4.90 Å². The minimum absolute atomic E-state index is 0.0883. The molecule has 0 amide bonds. The van der Waals surface area contributed by atoms with E-state index in [1.165, 1.54) is 12.1 Å². The highest BCUT2D eigenvalue weighted by molar-refractivity contribution is 14.1. The van der Waals surface area contributed by atoms with Crippen LogP contribution in [-0.2, 0) is 0 Å². The molecule has 0 fully saturated rings. The van der Waals surface area contributed by atoms with Crippen molar-refractivity contribution in [2.75, 3.05) is 6.26 Å². The molecule has 11 heavy (non-hydrogen) atoms. The van der Waals surface area contributed by atoms with Crippen LogP contribution in [0.4, 0.5) is 8.78 Å². The lowest BCUT2D eigenvalue weighted by Gasteiger charge is -2.00. The lowest BCUT2D eigenvalue weighted by atomic mass is 10.3. The van der Waals surface area contributed by atoms with Gasteiger partial charge in [-0.05, 0) is 41.0 Å². The first-order valence-corrected chi connectivity index (χ1v) is 5.14. The molecule has 0 atom stereocenters. The van der Waals surface area contributed by atoms with E-state index >= 15 is 0 Å². The third kappa shape index (κ3) is 2.05. The number of rotatable bonds is 1. The van der Waals surface area contributed by atoms with Crippen LogP contribution in [0.3, 0.4) is 0 Å². The van der Waals surface area contributed by atoms with E-state index < -0.39 is 11.6 Å². The summed E-state index contributed by atoms with van der Waals surface area (Å²) in [5, 5.41) is 0. The van der Waals surface area contributed by atoms with Crippen LogP contribution in [0.25, 0.3) is 0 Å². The highest BCUT2D eigenvalue weighted by Gasteiger charge is 2.07. The third-order valence-corrected chi connectivity index (χ3v) is 2.59. The van der Waals surface area contributed by atoms with E-state index in [2.05, 4.69) is 0 Å². The first kappa shape index (κ1) is 9.25. The van der Waals surface area contributed by atoms with Crippen LogP contribution in [0, 0.1) is 15.2 Å². The molecule has 0 aliphatic carbocycles. The first-order chi connectivity index (χ1) is 5.15. The molecule has 0 radical (unpaired) electrons. The largest absolute Gasteiger partial charge is 0.206 e. The van der Waals surface area contributed by atoms with Crippen molar-refractivity contribution in [3.63, 3.8) is 0 Å². The highest BCUT2D eigenvalue weighted by Crippen LogP contribution is 2.24. The minimum atomic E-state index is -0.484. The topological polar surface area (TPSA) is 0 Å². The molecule has 60 valence electrons. The molecule has 0 spiro atoms. The Bertz CT molecular complexity index is 252. The van der Waals surface area contributed by atoms with Gasteiger partial charge in [-0.2, -0.15) is 0 Å². The SMILES string of the molecule is CSc1c(F)cc(I)cc1F. The first-order valence-electron chi connectivity index (χ1n) is 2.83. The molecule has 0 N–H and O–H groups in total. The summed E-state index contributed by atoms with van der Waals surface area (Å²) in [7, 11) is 0. The zero-order chi connectivity index (χ0) is 8.43. The average Bonchev–Trinajstić information content (AvgIpc) is 1.85. The van der Waals surface area contributed by atoms with E-state index in [4.69, 9.17) is 0 Å². The Morgan fingerprint density at radius 3 is 2.09 bits per heavy atom. The second-order valence-electron chi connectivity index (χ2n) is 1.90. The van der Waals surface area contributed by atoms with Crippen LogP contribution < -0.4 is 0 Å². The number of halogens is 3. The summed E-state index contributed by atoms with van der Waals surface area (Å²) in [6, 6.07) is 2.63. The van der Waals surface area contributed by atoms with Gasteiger partial charge in [0.25, 0.3) is 0 Å². The normalized spacial score (nSPS) is 10.2. The van der Waals surface area contributed by atoms with Crippen molar-refractivity contribution in [3.05, 3.63) is 27.3 Å². The standard InChI is InChI=1S/C7H5F2IS/c1-11-7-5(8)2-4(10)3-6(7)9/h2-3H,1H3. The number of thioether (sulfide) groups is 1. The van der Waals surface area contributed by atoms with Crippen molar-refractivity contribution in [1.29, 1.82) is 0 Å². The van der Waals surface area contributed by atoms with Crippen molar-refractivity contribution in [2.24, 2.45) is 0 Å². The molecule has 0 saturated carbocycles. The third-order valence-electron chi connectivity index (χ3n) is 1.17. The molecular formula is C7H5F2IS. The molecule has 4 heteroatoms. The van der Waals surface area contributed by atoms with Gasteiger partial charge in [0, 0.05) is 3.57 Å². The maximum Gasteiger partial charge on any atom is 0.140 e. The molecular weight excluding hydrogens is 281 g/mol. The number of hydrogen-bond acceptors (Lipinski definition) is 1. The van der Waals surface area contributed by atoms with Crippen LogP contribution in [0.5, 0.6) is 0 Å². The van der Waals surface area contributed by atoms with E-state index in [0.29, 0.717) is 3.57 Å². The molecule has 1 rings (SSSR count). The summed E-state index contributed by atoms with van der Waals surface area (Å²) in [4.78, 5) is 0.0883. The maximum absolute atomic E-state index is 12.8. The van der Waals surface area contributed by atoms with E-state index in [1.807, 2.05) is 22.6 Å². The van der Waals surface area contributed by atoms with Gasteiger partial charge in [-0.3, -0.25) is 0 Å². The summed E-state index contributed by atoms with van der Waals surface area (Å²) in [5.74, 6) is -0.969. The van der Waals surface area contributed by atoms with Crippen molar-refractivity contribution < 1.29 is 8.78 Å². The Labute approximate surface area is 81.5 Å². The average molecular weight is 286 g/mol. The van der Waals surface area contributed by atoms with Crippen LogP contribution in [-0.4, -0.2) is 6.26 Å². The fourth-order valence-corrected chi connectivity index (χ4v) is 1.78. The Morgan fingerprint density at radius 2 is 1.73 bits per heavy atom. The van der Waals surface area contributed by atoms with Crippen LogP contribution in [0.2, 0.25) is 0 Å². The van der Waals surface area contributed by atoms with Gasteiger partial charge in [0.05, 0.1) is 4.90 Å². The fourth-order valence-electron chi connectivity index (χ4n) is 0.724. The lowest BCUT2D eigenvalue weighted by molar-refractivity contribution is 0.539. The number of hydrogen-bond donors (Lipinski definition) is 0. The van der Waals surface area contributed by atoms with Gasteiger partial charge in [-0.1, -0.05) is 0 Å². The summed E-state index contributed by atoms with van der Waals surface area (Å²) < 4.78 is 26.3. The van der Waals surface area contributed by atoms with E-state index in [0.717, 1.165) is 11.8 Å². The van der Waals surface area contributed by atoms with Crippen molar-refractivity contribution >= 4 is 34.4 Å². The van der Waals surface area contributed by atoms with Crippen molar-refractivity contribution in [2.45, 2.75) is 4.90 Å². The summed E-state index contributed by atoms with van der Waals surface area (Å²) in [6.07, 6.45) is 1.65. The molecule has 0 bridgehead atoms. The van der Waals surface area contributed by atoms with Crippen LogP contribution >= 0.6 is 34.4 Å². The van der Waals surface area contributed by atoms with E-state index in [1.54, 1.807) is 6.26 Å². The molecule has 1 aromatic carbocycles. The lowest BCUT2D eigenvalue weighted by Crippen LogP contribution is -1.87. The van der Waals surface area contributed by atoms with Crippen LogP contribution in [0.1, 0.15) is 0 Å². The minimum Gasteiger partial charge on any atom is -0.206 e. The maximum atomic E-state index is 12.8. The van der Waals surface area contributed by atoms with Gasteiger partial charge < -0.3 is 0 Å². The van der Waals surface area contributed by atoms with Gasteiger partial charge in [0.15, 0.2) is 0 Å². The van der Waals surface area contributed by atoms with Crippen molar-refractivity contribution in [1.82, 2.24) is 0 Å². The summed E-state index contributed by atoms with van der Waals surface area (Å²) in [6.45, 7) is 0. The molecule has 0 heterocycles. The molecule has 0 unspecified atom stereocenters. The monoisotopic (exact) mass is 286 g/mol. The highest BCUT2D eigenvalue weighted by atomic mass is 127. The summed E-state index contributed by atoms with van der Waals surface area (Å²) in [5.41, 5.74) is 0. The molecule has 0 saturated heterocycles. The zero-order valence-electron chi connectivity index (χ0n) is 5.70. The summed E-state index contributed by atoms with van der Waals surface area (Å²) >= 11 is 2.95. The van der Waals surface area contributed by atoms with Gasteiger partial charge in [-0.15, -0.1) is 11.8 Å². The second kappa shape index (κ2) is 3.71. The predicted octanol–water partition coefficient (Wildman–Crippen LogP) is 3.29.